The summed E-state index contributed by atoms with van der Waals surface area (Å²) in [7, 11) is 0. The first kappa shape index (κ1) is 17.5. The second-order valence-electron chi connectivity index (χ2n) is 6.38. The Hall–Kier alpha value is -2.31. The van der Waals surface area contributed by atoms with Crippen LogP contribution < -0.4 is 5.32 Å². The number of carbonyl (C=O) groups excluding carboxylic acids is 1. The number of nitrogens with zero attached hydrogens (tertiary/aromatic N) is 3. The molecule has 0 saturated carbocycles. The maximum atomic E-state index is 13.6. The summed E-state index contributed by atoms with van der Waals surface area (Å²) >= 11 is 0. The Morgan fingerprint density at radius 2 is 1.88 bits per heavy atom. The molecule has 0 aliphatic carbocycles. The van der Waals surface area contributed by atoms with Crippen LogP contribution in [0.25, 0.3) is 0 Å². The molecule has 1 fully saturated rings. The molecule has 1 amide bonds. The molecule has 0 bridgehead atoms. The Kier molecular flexibility index (Phi) is 5.73. The van der Waals surface area contributed by atoms with Crippen molar-refractivity contribution in [3.05, 3.63) is 59.7 Å². The number of carbonyl (C=O) groups is 1. The van der Waals surface area contributed by atoms with E-state index in [1.165, 1.54) is 17.2 Å². The zero-order valence-electron chi connectivity index (χ0n) is 14.4. The van der Waals surface area contributed by atoms with Gasteiger partial charge in [-0.2, -0.15) is 0 Å². The van der Waals surface area contributed by atoms with Crippen molar-refractivity contribution in [2.75, 3.05) is 38.0 Å². The van der Waals surface area contributed by atoms with Gasteiger partial charge in [0.1, 0.15) is 5.82 Å². The fourth-order valence-electron chi connectivity index (χ4n) is 2.96. The minimum absolute atomic E-state index is 0.179. The summed E-state index contributed by atoms with van der Waals surface area (Å²) in [5.74, 6) is -0.589. The smallest absolute Gasteiger partial charge is 0.238 e. The average molecular weight is 342 g/mol. The zero-order chi connectivity index (χ0) is 17.6. The van der Waals surface area contributed by atoms with Crippen molar-refractivity contribution in [3.63, 3.8) is 0 Å². The van der Waals surface area contributed by atoms with Gasteiger partial charge in [0.15, 0.2) is 0 Å². The number of aromatic nitrogens is 1. The summed E-state index contributed by atoms with van der Waals surface area (Å²) in [6.07, 6.45) is 3.73. The molecule has 1 aliphatic heterocycles. The number of amides is 1. The van der Waals surface area contributed by atoms with Crippen LogP contribution in [0.4, 0.5) is 10.1 Å². The number of benzene rings is 1. The molecule has 5 nitrogen and oxygen atoms in total. The van der Waals surface area contributed by atoms with E-state index < -0.39 is 5.82 Å². The maximum Gasteiger partial charge on any atom is 0.238 e. The highest BCUT2D eigenvalue weighted by molar-refractivity contribution is 5.92. The summed E-state index contributed by atoms with van der Waals surface area (Å²) in [6.45, 7) is 6.72. The van der Waals surface area contributed by atoms with Crippen LogP contribution in [-0.4, -0.2) is 53.4 Å². The number of rotatable bonds is 5. The van der Waals surface area contributed by atoms with Gasteiger partial charge in [-0.15, -0.1) is 0 Å². The lowest BCUT2D eigenvalue weighted by atomic mass is 10.1. The van der Waals surface area contributed by atoms with Crippen LogP contribution in [0.1, 0.15) is 11.1 Å². The third kappa shape index (κ3) is 4.84. The van der Waals surface area contributed by atoms with Crippen LogP contribution >= 0.6 is 0 Å². The van der Waals surface area contributed by atoms with Crippen molar-refractivity contribution in [3.8, 4) is 0 Å². The van der Waals surface area contributed by atoms with Gasteiger partial charge >= 0.3 is 0 Å². The van der Waals surface area contributed by atoms with Crippen LogP contribution in [0.3, 0.4) is 0 Å². The molecule has 0 atom stereocenters. The van der Waals surface area contributed by atoms with Crippen molar-refractivity contribution in [1.29, 1.82) is 0 Å². The predicted octanol–water partition coefficient (Wildman–Crippen LogP) is 2.29. The van der Waals surface area contributed by atoms with Gasteiger partial charge in [0, 0.05) is 45.1 Å². The van der Waals surface area contributed by atoms with Crippen LogP contribution in [-0.2, 0) is 11.3 Å². The summed E-state index contributed by atoms with van der Waals surface area (Å²) in [5, 5.41) is 2.64. The van der Waals surface area contributed by atoms with E-state index >= 15 is 0 Å². The van der Waals surface area contributed by atoms with Crippen LogP contribution in [0.5, 0.6) is 0 Å². The van der Waals surface area contributed by atoms with Crippen molar-refractivity contribution >= 4 is 11.6 Å². The zero-order valence-corrected chi connectivity index (χ0v) is 14.4. The lowest BCUT2D eigenvalue weighted by molar-refractivity contribution is -0.117. The number of pyridine rings is 1. The van der Waals surface area contributed by atoms with E-state index in [4.69, 9.17) is 0 Å². The predicted molar refractivity (Wildman–Crippen MR) is 95.7 cm³/mol. The van der Waals surface area contributed by atoms with E-state index in [2.05, 4.69) is 27.0 Å². The molecule has 1 aromatic carbocycles. The van der Waals surface area contributed by atoms with Crippen molar-refractivity contribution < 1.29 is 9.18 Å². The van der Waals surface area contributed by atoms with E-state index in [0.717, 1.165) is 32.7 Å². The number of hydrogen-bond acceptors (Lipinski definition) is 4. The number of anilines is 1. The van der Waals surface area contributed by atoms with E-state index in [1.807, 2.05) is 18.5 Å². The Morgan fingerprint density at radius 3 is 2.60 bits per heavy atom. The molecule has 2 heterocycles. The van der Waals surface area contributed by atoms with Crippen molar-refractivity contribution in [2.45, 2.75) is 13.5 Å². The molecule has 0 spiro atoms. The fourth-order valence-corrected chi connectivity index (χ4v) is 2.96. The van der Waals surface area contributed by atoms with Gasteiger partial charge in [-0.25, -0.2) is 4.39 Å². The van der Waals surface area contributed by atoms with E-state index in [1.54, 1.807) is 18.2 Å². The fraction of sp³-hybridized carbons (Fsp3) is 0.368. The Labute approximate surface area is 147 Å². The highest BCUT2D eigenvalue weighted by Crippen LogP contribution is 2.13. The van der Waals surface area contributed by atoms with E-state index in [0.29, 0.717) is 0 Å². The molecule has 0 radical (unpaired) electrons. The molecular formula is C19H23FN4O. The van der Waals surface area contributed by atoms with Crippen LogP contribution in [0.2, 0.25) is 0 Å². The third-order valence-corrected chi connectivity index (χ3v) is 4.52. The first-order chi connectivity index (χ1) is 12.1. The first-order valence-electron chi connectivity index (χ1n) is 8.50. The minimum atomic E-state index is -0.410. The summed E-state index contributed by atoms with van der Waals surface area (Å²) in [6, 6.07) is 8.25. The molecule has 1 saturated heterocycles. The van der Waals surface area contributed by atoms with Gasteiger partial charge in [-0.05, 0) is 36.2 Å². The van der Waals surface area contributed by atoms with Crippen molar-refractivity contribution in [2.24, 2.45) is 0 Å². The van der Waals surface area contributed by atoms with Gasteiger partial charge in [-0.1, -0.05) is 12.1 Å². The minimum Gasteiger partial charge on any atom is -0.322 e. The molecule has 6 heteroatoms. The Balaban J connectivity index is 1.45. The summed E-state index contributed by atoms with van der Waals surface area (Å²) < 4.78 is 13.6. The largest absolute Gasteiger partial charge is 0.322 e. The Bertz CT molecular complexity index is 729. The second kappa shape index (κ2) is 8.18. The van der Waals surface area contributed by atoms with Gasteiger partial charge in [0.05, 0.1) is 12.2 Å². The third-order valence-electron chi connectivity index (χ3n) is 4.52. The first-order valence-corrected chi connectivity index (χ1v) is 8.50. The number of aryl methyl sites for hydroxylation is 1. The van der Waals surface area contributed by atoms with Gasteiger partial charge in [-0.3, -0.25) is 19.6 Å². The summed E-state index contributed by atoms with van der Waals surface area (Å²) in [5.41, 5.74) is 2.73. The molecule has 3 rings (SSSR count). The highest BCUT2D eigenvalue weighted by atomic mass is 19.1. The standard InChI is InChI=1S/C19H23FN4O/c1-15-6-7-21-12-16(15)13-23-8-10-24(11-9-23)14-19(25)22-18-5-3-2-4-17(18)20/h2-7,12H,8-11,13-14H2,1H3,(H,22,25). The quantitative estimate of drug-likeness (QED) is 0.906. The van der Waals surface area contributed by atoms with Gasteiger partial charge < -0.3 is 5.32 Å². The molecule has 1 aliphatic rings. The number of piperazine rings is 1. The van der Waals surface area contributed by atoms with Crippen LogP contribution in [0, 0.1) is 12.7 Å². The normalized spacial score (nSPS) is 15.9. The van der Waals surface area contributed by atoms with E-state index in [-0.39, 0.29) is 18.1 Å². The number of halogens is 1. The number of hydrogen-bond donors (Lipinski definition) is 1. The maximum absolute atomic E-state index is 13.6. The van der Waals surface area contributed by atoms with Gasteiger partial charge in [0.2, 0.25) is 5.91 Å². The SMILES string of the molecule is Cc1ccncc1CN1CCN(CC(=O)Nc2ccccc2F)CC1. The molecule has 2 aromatic rings. The molecular weight excluding hydrogens is 319 g/mol. The van der Waals surface area contributed by atoms with Crippen molar-refractivity contribution in [1.82, 2.24) is 14.8 Å². The highest BCUT2D eigenvalue weighted by Gasteiger charge is 2.19. The van der Waals surface area contributed by atoms with Gasteiger partial charge in [0.25, 0.3) is 0 Å². The molecule has 1 N–H and O–H groups in total. The lowest BCUT2D eigenvalue weighted by Gasteiger charge is -2.34. The number of para-hydroxylation sites is 1. The Morgan fingerprint density at radius 1 is 1.16 bits per heavy atom. The molecule has 0 unspecified atom stereocenters. The lowest BCUT2D eigenvalue weighted by Crippen LogP contribution is -2.48. The monoisotopic (exact) mass is 342 g/mol. The molecule has 132 valence electrons. The molecule has 1 aromatic heterocycles. The van der Waals surface area contributed by atoms with E-state index in [9.17, 15) is 9.18 Å². The average Bonchev–Trinajstić information content (AvgIpc) is 2.61. The second-order valence-corrected chi connectivity index (χ2v) is 6.38. The molecule has 25 heavy (non-hydrogen) atoms. The topological polar surface area (TPSA) is 48.5 Å². The number of nitrogens with one attached hydrogen (secondary N) is 1. The summed E-state index contributed by atoms with van der Waals surface area (Å²) in [4.78, 5) is 20.8. The van der Waals surface area contributed by atoms with Crippen LogP contribution in [0.15, 0.2) is 42.7 Å².